The van der Waals surface area contributed by atoms with Crippen molar-refractivity contribution in [2.75, 3.05) is 0 Å². The Morgan fingerprint density at radius 3 is 1.73 bits per heavy atom. The molecule has 1 aliphatic rings. The minimum absolute atomic E-state index is 0. The van der Waals surface area contributed by atoms with Crippen LogP contribution in [-0.2, 0) is 0 Å². The molecule has 0 spiro atoms. The molecular weight excluding hydrogens is 136 g/mol. The quantitative estimate of drug-likeness (QED) is 0.569. The molecular formula is C9H22N2. The van der Waals surface area contributed by atoms with Crippen molar-refractivity contribution in [3.8, 4) is 0 Å². The lowest BCUT2D eigenvalue weighted by Crippen LogP contribution is -2.51. The van der Waals surface area contributed by atoms with Crippen LogP contribution < -0.4 is 11.9 Å². The van der Waals surface area contributed by atoms with Crippen LogP contribution in [0.25, 0.3) is 0 Å². The largest absolute Gasteiger partial charge is 0.344 e. The fourth-order valence-electron chi connectivity index (χ4n) is 1.68. The van der Waals surface area contributed by atoms with Crippen LogP contribution in [0.2, 0.25) is 0 Å². The third kappa shape index (κ3) is 1.94. The first-order valence-electron chi connectivity index (χ1n) is 4.25. The van der Waals surface area contributed by atoms with Crippen LogP contribution in [0.3, 0.4) is 0 Å². The van der Waals surface area contributed by atoms with E-state index >= 15 is 0 Å². The fraction of sp³-hybridized carbons (Fsp3) is 1.00. The van der Waals surface area contributed by atoms with Gasteiger partial charge in [0, 0.05) is 5.54 Å². The molecule has 1 saturated carbocycles. The maximum absolute atomic E-state index is 6.16. The van der Waals surface area contributed by atoms with Crippen LogP contribution in [0.4, 0.5) is 0 Å². The Labute approximate surface area is 70.1 Å². The Morgan fingerprint density at radius 2 is 1.45 bits per heavy atom. The fourth-order valence-corrected chi connectivity index (χ4v) is 1.68. The molecule has 2 heteroatoms. The van der Waals surface area contributed by atoms with Gasteiger partial charge in [-0.05, 0) is 25.2 Å². The molecule has 0 saturated heterocycles. The molecule has 0 radical (unpaired) electrons. The molecule has 0 heterocycles. The zero-order valence-electron chi connectivity index (χ0n) is 8.11. The van der Waals surface area contributed by atoms with Gasteiger partial charge in [0.2, 0.25) is 0 Å². The van der Waals surface area contributed by atoms with Gasteiger partial charge in [0.15, 0.2) is 0 Å². The van der Waals surface area contributed by atoms with Crippen LogP contribution in [0.5, 0.6) is 0 Å². The lowest BCUT2D eigenvalue weighted by molar-refractivity contribution is 0.116. The normalized spacial score (nSPS) is 36.0. The van der Waals surface area contributed by atoms with Crippen LogP contribution in [0.15, 0.2) is 0 Å². The molecule has 5 N–H and O–H groups in total. The van der Waals surface area contributed by atoms with Gasteiger partial charge in [-0.1, -0.05) is 26.7 Å². The van der Waals surface area contributed by atoms with E-state index in [1.54, 1.807) is 0 Å². The van der Waals surface area contributed by atoms with E-state index in [1.807, 2.05) is 0 Å². The van der Waals surface area contributed by atoms with Crippen LogP contribution in [0.1, 0.15) is 46.5 Å². The van der Waals surface area contributed by atoms with Crippen molar-refractivity contribution in [3.05, 3.63) is 0 Å². The maximum Gasteiger partial charge on any atom is 0.0177 e. The molecule has 2 nitrogen and oxygen atoms in total. The van der Waals surface area contributed by atoms with Gasteiger partial charge in [-0.15, -0.1) is 0 Å². The summed E-state index contributed by atoms with van der Waals surface area (Å²) in [5, 5.41) is 0. The monoisotopic (exact) mass is 158 g/mol. The summed E-state index contributed by atoms with van der Waals surface area (Å²) in [6.07, 6.45) is 5.16. The second-order valence-electron chi connectivity index (χ2n) is 4.51. The topological polar surface area (TPSA) is 61.0 Å². The number of nitrogens with two attached hydrogens (primary N) is 1. The molecule has 0 bridgehead atoms. The molecule has 0 aromatic heterocycles. The molecule has 0 aliphatic heterocycles. The van der Waals surface area contributed by atoms with E-state index in [9.17, 15) is 0 Å². The smallest absolute Gasteiger partial charge is 0.0177 e. The average molecular weight is 158 g/mol. The summed E-state index contributed by atoms with van der Waals surface area (Å²) >= 11 is 0. The van der Waals surface area contributed by atoms with Gasteiger partial charge >= 0.3 is 0 Å². The second kappa shape index (κ2) is 3.11. The van der Waals surface area contributed by atoms with E-state index in [0.717, 1.165) is 0 Å². The van der Waals surface area contributed by atoms with E-state index < -0.39 is 0 Å². The maximum atomic E-state index is 6.16. The second-order valence-corrected chi connectivity index (χ2v) is 4.51. The Morgan fingerprint density at radius 1 is 1.00 bits per heavy atom. The Balaban J connectivity index is 0.000001000. The Kier molecular flexibility index (Phi) is 3.09. The lowest BCUT2D eigenvalue weighted by Gasteiger charge is -2.45. The van der Waals surface area contributed by atoms with Crippen LogP contribution in [0, 0.1) is 5.41 Å². The third-order valence-corrected chi connectivity index (χ3v) is 3.29. The Hall–Kier alpha value is -0.0800. The van der Waals surface area contributed by atoms with Crippen molar-refractivity contribution >= 4 is 0 Å². The van der Waals surface area contributed by atoms with Gasteiger partial charge in [-0.2, -0.15) is 0 Å². The summed E-state index contributed by atoms with van der Waals surface area (Å²) in [5.41, 5.74) is 6.58. The summed E-state index contributed by atoms with van der Waals surface area (Å²) in [4.78, 5) is 0. The van der Waals surface area contributed by atoms with Gasteiger partial charge < -0.3 is 11.9 Å². The van der Waals surface area contributed by atoms with Gasteiger partial charge in [0.05, 0.1) is 0 Å². The highest BCUT2D eigenvalue weighted by Crippen LogP contribution is 2.41. The molecule has 11 heavy (non-hydrogen) atoms. The molecule has 1 fully saturated rings. The van der Waals surface area contributed by atoms with Gasteiger partial charge in [0.25, 0.3) is 0 Å². The first-order valence-corrected chi connectivity index (χ1v) is 4.25. The van der Waals surface area contributed by atoms with Gasteiger partial charge in [-0.25, -0.2) is 0 Å². The summed E-state index contributed by atoms with van der Waals surface area (Å²) in [5.74, 6) is 0. The molecule has 0 amide bonds. The SMILES string of the molecule is CC1(C)CCCCC1(C)N.N. The van der Waals surface area contributed by atoms with Crippen molar-refractivity contribution < 1.29 is 0 Å². The van der Waals surface area contributed by atoms with E-state index in [-0.39, 0.29) is 11.7 Å². The summed E-state index contributed by atoms with van der Waals surface area (Å²) in [6.45, 7) is 6.75. The predicted molar refractivity (Wildman–Crippen MR) is 49.9 cm³/mol. The first-order chi connectivity index (χ1) is 4.46. The third-order valence-electron chi connectivity index (χ3n) is 3.29. The first kappa shape index (κ1) is 10.9. The highest BCUT2D eigenvalue weighted by Gasteiger charge is 2.39. The number of hydrogen-bond donors (Lipinski definition) is 2. The minimum Gasteiger partial charge on any atom is -0.344 e. The van der Waals surface area contributed by atoms with E-state index in [1.165, 1.54) is 25.7 Å². The summed E-state index contributed by atoms with van der Waals surface area (Å²) in [6, 6.07) is 0. The summed E-state index contributed by atoms with van der Waals surface area (Å²) in [7, 11) is 0. The number of rotatable bonds is 0. The van der Waals surface area contributed by atoms with Crippen LogP contribution >= 0.6 is 0 Å². The van der Waals surface area contributed by atoms with Crippen molar-refractivity contribution in [2.24, 2.45) is 11.1 Å². The Bertz CT molecular complexity index is 112. The zero-order chi connectivity index (χ0) is 7.83. The van der Waals surface area contributed by atoms with Crippen LogP contribution in [-0.4, -0.2) is 5.54 Å². The molecule has 1 unspecified atom stereocenters. The zero-order valence-corrected chi connectivity index (χ0v) is 8.11. The number of hydrogen-bond acceptors (Lipinski definition) is 2. The standard InChI is InChI=1S/C9H19N.H3N/c1-8(2)6-4-5-7-9(8,3)10;/h4-7,10H2,1-3H3;1H3. The molecule has 68 valence electrons. The summed E-state index contributed by atoms with van der Waals surface area (Å²) < 4.78 is 0. The van der Waals surface area contributed by atoms with Crippen molar-refractivity contribution in [2.45, 2.75) is 52.0 Å². The molecule has 0 aromatic carbocycles. The van der Waals surface area contributed by atoms with Crippen molar-refractivity contribution in [3.63, 3.8) is 0 Å². The van der Waals surface area contributed by atoms with Crippen molar-refractivity contribution in [1.29, 1.82) is 0 Å². The molecule has 1 aliphatic carbocycles. The van der Waals surface area contributed by atoms with E-state index in [4.69, 9.17) is 5.73 Å². The molecule has 0 aromatic rings. The molecule has 1 atom stereocenters. The highest BCUT2D eigenvalue weighted by molar-refractivity contribution is 4.96. The van der Waals surface area contributed by atoms with Crippen molar-refractivity contribution in [1.82, 2.24) is 6.15 Å². The van der Waals surface area contributed by atoms with Gasteiger partial charge in [-0.3, -0.25) is 0 Å². The van der Waals surface area contributed by atoms with E-state index in [0.29, 0.717) is 5.41 Å². The van der Waals surface area contributed by atoms with Gasteiger partial charge in [0.1, 0.15) is 0 Å². The average Bonchev–Trinajstić information content (AvgIpc) is 1.77. The molecule has 1 rings (SSSR count). The highest BCUT2D eigenvalue weighted by atomic mass is 14.8. The lowest BCUT2D eigenvalue weighted by atomic mass is 9.65. The minimum atomic E-state index is 0. The van der Waals surface area contributed by atoms with E-state index in [2.05, 4.69) is 20.8 Å². The predicted octanol–water partition coefficient (Wildman–Crippen LogP) is 2.47.